The summed E-state index contributed by atoms with van der Waals surface area (Å²) in [6, 6.07) is 0.516. The van der Waals surface area contributed by atoms with Crippen LogP contribution in [0.3, 0.4) is 0 Å². The molecule has 1 aliphatic heterocycles. The van der Waals surface area contributed by atoms with Crippen molar-refractivity contribution in [1.29, 1.82) is 0 Å². The Morgan fingerprint density at radius 2 is 1.68 bits per heavy atom. The molecule has 1 amide bonds. The van der Waals surface area contributed by atoms with Crippen LogP contribution in [0.4, 0.5) is 0 Å². The SMILES string of the molecule is CN(C)CCN(C(=O)C1CCNCC1)C1CCCC1. The maximum absolute atomic E-state index is 12.8. The molecule has 0 aromatic rings. The molecular weight excluding hydrogens is 238 g/mol. The van der Waals surface area contributed by atoms with Gasteiger partial charge in [0.2, 0.25) is 5.91 Å². The van der Waals surface area contributed by atoms with E-state index in [0.717, 1.165) is 39.0 Å². The third-order valence-corrected chi connectivity index (χ3v) is 4.53. The van der Waals surface area contributed by atoms with E-state index in [2.05, 4.69) is 29.2 Å². The van der Waals surface area contributed by atoms with Gasteiger partial charge in [-0.15, -0.1) is 0 Å². The zero-order valence-electron chi connectivity index (χ0n) is 12.5. The molecule has 19 heavy (non-hydrogen) atoms. The fraction of sp³-hybridized carbons (Fsp3) is 0.933. The summed E-state index contributed by atoms with van der Waals surface area (Å²) in [5, 5.41) is 3.35. The number of piperidine rings is 1. The van der Waals surface area contributed by atoms with Gasteiger partial charge in [0.05, 0.1) is 0 Å². The fourth-order valence-corrected chi connectivity index (χ4v) is 3.30. The van der Waals surface area contributed by atoms with Gasteiger partial charge in [-0.3, -0.25) is 4.79 Å². The van der Waals surface area contributed by atoms with E-state index in [0.29, 0.717) is 11.9 Å². The normalized spacial score (nSPS) is 22.1. The van der Waals surface area contributed by atoms with Gasteiger partial charge in [0, 0.05) is 25.0 Å². The number of nitrogens with one attached hydrogen (secondary N) is 1. The topological polar surface area (TPSA) is 35.6 Å². The first-order valence-electron chi connectivity index (χ1n) is 7.84. The number of hydrogen-bond donors (Lipinski definition) is 1. The molecule has 1 aliphatic carbocycles. The third kappa shape index (κ3) is 4.18. The lowest BCUT2D eigenvalue weighted by atomic mass is 9.95. The van der Waals surface area contributed by atoms with E-state index < -0.39 is 0 Å². The average Bonchev–Trinajstić information content (AvgIpc) is 2.93. The molecule has 0 radical (unpaired) electrons. The highest BCUT2D eigenvalue weighted by Gasteiger charge is 2.31. The van der Waals surface area contributed by atoms with Gasteiger partial charge in [-0.25, -0.2) is 0 Å². The minimum Gasteiger partial charge on any atom is -0.338 e. The summed E-state index contributed by atoms with van der Waals surface area (Å²) >= 11 is 0. The lowest BCUT2D eigenvalue weighted by molar-refractivity contribution is -0.138. The second-order valence-corrected chi connectivity index (χ2v) is 6.30. The smallest absolute Gasteiger partial charge is 0.226 e. The molecule has 4 nitrogen and oxygen atoms in total. The molecule has 110 valence electrons. The first-order valence-corrected chi connectivity index (χ1v) is 7.84. The highest BCUT2D eigenvalue weighted by molar-refractivity contribution is 5.79. The van der Waals surface area contributed by atoms with Crippen molar-refractivity contribution in [3.05, 3.63) is 0 Å². The van der Waals surface area contributed by atoms with Crippen molar-refractivity contribution in [2.45, 2.75) is 44.6 Å². The van der Waals surface area contributed by atoms with E-state index in [-0.39, 0.29) is 5.92 Å². The molecule has 0 aromatic carbocycles. The molecule has 1 N–H and O–H groups in total. The lowest BCUT2D eigenvalue weighted by Crippen LogP contribution is -2.47. The van der Waals surface area contributed by atoms with Gasteiger partial charge in [-0.2, -0.15) is 0 Å². The maximum Gasteiger partial charge on any atom is 0.226 e. The monoisotopic (exact) mass is 267 g/mol. The van der Waals surface area contributed by atoms with Crippen LogP contribution in [0.2, 0.25) is 0 Å². The number of hydrogen-bond acceptors (Lipinski definition) is 3. The lowest BCUT2D eigenvalue weighted by Gasteiger charge is -2.34. The molecule has 2 fully saturated rings. The summed E-state index contributed by atoms with van der Waals surface area (Å²) < 4.78 is 0. The summed E-state index contributed by atoms with van der Waals surface area (Å²) in [4.78, 5) is 17.2. The molecule has 4 heteroatoms. The highest BCUT2D eigenvalue weighted by Crippen LogP contribution is 2.26. The van der Waals surface area contributed by atoms with Crippen LogP contribution in [-0.4, -0.2) is 62.0 Å². The summed E-state index contributed by atoms with van der Waals surface area (Å²) in [5.74, 6) is 0.694. The number of nitrogens with zero attached hydrogens (tertiary/aromatic N) is 2. The summed E-state index contributed by atoms with van der Waals surface area (Å²) in [7, 11) is 4.17. The van der Waals surface area contributed by atoms with Crippen molar-refractivity contribution < 1.29 is 4.79 Å². The molecule has 0 spiro atoms. The maximum atomic E-state index is 12.8. The van der Waals surface area contributed by atoms with E-state index >= 15 is 0 Å². The van der Waals surface area contributed by atoms with Crippen molar-refractivity contribution in [3.63, 3.8) is 0 Å². The van der Waals surface area contributed by atoms with Crippen LogP contribution in [0.1, 0.15) is 38.5 Å². The predicted molar refractivity (Wildman–Crippen MR) is 78.1 cm³/mol. The minimum absolute atomic E-state index is 0.268. The quantitative estimate of drug-likeness (QED) is 0.816. The minimum atomic E-state index is 0.268. The van der Waals surface area contributed by atoms with Crippen molar-refractivity contribution in [2.75, 3.05) is 40.3 Å². The molecule has 0 aromatic heterocycles. The molecule has 1 saturated carbocycles. The van der Waals surface area contributed by atoms with E-state index in [1.165, 1.54) is 25.7 Å². The number of carbonyl (C=O) groups is 1. The van der Waals surface area contributed by atoms with Gasteiger partial charge in [0.15, 0.2) is 0 Å². The van der Waals surface area contributed by atoms with Gasteiger partial charge in [-0.05, 0) is 52.9 Å². The third-order valence-electron chi connectivity index (χ3n) is 4.53. The second-order valence-electron chi connectivity index (χ2n) is 6.30. The highest BCUT2D eigenvalue weighted by atomic mass is 16.2. The average molecular weight is 267 g/mol. The summed E-state index contributed by atoms with van der Waals surface area (Å²) in [6.45, 7) is 3.89. The molecule has 2 aliphatic rings. The Hall–Kier alpha value is -0.610. The van der Waals surface area contributed by atoms with E-state index in [1.54, 1.807) is 0 Å². The Morgan fingerprint density at radius 3 is 2.26 bits per heavy atom. The molecule has 1 heterocycles. The number of amides is 1. The second kappa shape index (κ2) is 7.25. The largest absolute Gasteiger partial charge is 0.338 e. The Labute approximate surface area is 117 Å². The Morgan fingerprint density at radius 1 is 1.05 bits per heavy atom. The number of rotatable bonds is 5. The zero-order chi connectivity index (χ0) is 13.7. The first kappa shape index (κ1) is 14.8. The first-order chi connectivity index (χ1) is 9.18. The molecule has 0 atom stereocenters. The van der Waals surface area contributed by atoms with E-state index in [1.807, 2.05) is 0 Å². The van der Waals surface area contributed by atoms with Crippen molar-refractivity contribution in [3.8, 4) is 0 Å². The van der Waals surface area contributed by atoms with Gasteiger partial charge in [0.25, 0.3) is 0 Å². The number of likely N-dealkylation sites (N-methyl/N-ethyl adjacent to an activating group) is 1. The number of carbonyl (C=O) groups excluding carboxylic acids is 1. The Kier molecular flexibility index (Phi) is 5.64. The van der Waals surface area contributed by atoms with Crippen LogP contribution < -0.4 is 5.32 Å². The summed E-state index contributed by atoms with van der Waals surface area (Å²) in [6.07, 6.45) is 7.05. The van der Waals surface area contributed by atoms with Crippen LogP contribution in [-0.2, 0) is 4.79 Å². The van der Waals surface area contributed by atoms with Crippen molar-refractivity contribution in [1.82, 2.24) is 15.1 Å². The van der Waals surface area contributed by atoms with Crippen molar-refractivity contribution >= 4 is 5.91 Å². The van der Waals surface area contributed by atoms with Gasteiger partial charge in [0.1, 0.15) is 0 Å². The van der Waals surface area contributed by atoms with E-state index in [9.17, 15) is 4.79 Å². The zero-order valence-corrected chi connectivity index (χ0v) is 12.5. The Balaban J connectivity index is 1.95. The van der Waals surface area contributed by atoms with Crippen LogP contribution in [0, 0.1) is 5.92 Å². The molecule has 0 bridgehead atoms. The fourth-order valence-electron chi connectivity index (χ4n) is 3.30. The molecule has 0 unspecified atom stereocenters. The van der Waals surface area contributed by atoms with Gasteiger partial charge < -0.3 is 15.1 Å². The summed E-state index contributed by atoms with van der Waals surface area (Å²) in [5.41, 5.74) is 0. The standard InChI is InChI=1S/C15H29N3O/c1-17(2)11-12-18(14-5-3-4-6-14)15(19)13-7-9-16-10-8-13/h13-14,16H,3-12H2,1-2H3. The predicted octanol–water partition coefficient (Wildman–Crippen LogP) is 1.32. The van der Waals surface area contributed by atoms with Crippen LogP contribution in [0.25, 0.3) is 0 Å². The van der Waals surface area contributed by atoms with Gasteiger partial charge in [-0.1, -0.05) is 12.8 Å². The molecule has 2 rings (SSSR count). The molecular formula is C15H29N3O. The van der Waals surface area contributed by atoms with Gasteiger partial charge >= 0.3 is 0 Å². The molecule has 1 saturated heterocycles. The Bertz CT molecular complexity index is 281. The van der Waals surface area contributed by atoms with Crippen molar-refractivity contribution in [2.24, 2.45) is 5.92 Å². The van der Waals surface area contributed by atoms with Crippen LogP contribution >= 0.6 is 0 Å². The van der Waals surface area contributed by atoms with Crippen LogP contribution in [0.5, 0.6) is 0 Å². The van der Waals surface area contributed by atoms with E-state index in [4.69, 9.17) is 0 Å². The van der Waals surface area contributed by atoms with Crippen LogP contribution in [0.15, 0.2) is 0 Å².